The molecule has 1 atom stereocenters. The number of hydrogen-bond acceptors (Lipinski definition) is 4. The molecule has 1 unspecified atom stereocenters. The summed E-state index contributed by atoms with van der Waals surface area (Å²) in [6.07, 6.45) is 4.02. The number of carbonyl (C=O) groups excluding carboxylic acids is 1. The van der Waals surface area contributed by atoms with Gasteiger partial charge in [0.15, 0.2) is 9.84 Å². The third kappa shape index (κ3) is 4.81. The van der Waals surface area contributed by atoms with Gasteiger partial charge in [0, 0.05) is 23.9 Å². The van der Waals surface area contributed by atoms with Crippen molar-refractivity contribution in [3.05, 3.63) is 22.4 Å². The van der Waals surface area contributed by atoms with Crippen LogP contribution in [-0.2, 0) is 21.1 Å². The van der Waals surface area contributed by atoms with E-state index in [0.717, 1.165) is 19.3 Å². The van der Waals surface area contributed by atoms with E-state index < -0.39 is 9.84 Å². The van der Waals surface area contributed by atoms with Gasteiger partial charge in [-0.15, -0.1) is 11.3 Å². The molecule has 0 saturated carbocycles. The van der Waals surface area contributed by atoms with Crippen LogP contribution in [0.5, 0.6) is 0 Å². The average Bonchev–Trinajstić information content (AvgIpc) is 3.05. The Kier molecular flexibility index (Phi) is 5.81. The van der Waals surface area contributed by atoms with E-state index in [1.165, 1.54) is 4.88 Å². The molecule has 0 spiro atoms. The molecule has 0 aliphatic carbocycles. The molecule has 1 fully saturated rings. The Morgan fingerprint density at radius 2 is 2.24 bits per heavy atom. The minimum Gasteiger partial charge on any atom is -0.339 e. The third-order valence-electron chi connectivity index (χ3n) is 3.95. The van der Waals surface area contributed by atoms with Crippen LogP contribution in [-0.4, -0.2) is 43.3 Å². The lowest BCUT2D eigenvalue weighted by molar-refractivity contribution is -0.132. The maximum Gasteiger partial charge on any atom is 0.222 e. The molecule has 6 heteroatoms. The topological polar surface area (TPSA) is 54.5 Å². The van der Waals surface area contributed by atoms with E-state index in [4.69, 9.17) is 0 Å². The summed E-state index contributed by atoms with van der Waals surface area (Å²) in [6.45, 7) is 2.53. The molecule has 0 N–H and O–H groups in total. The lowest BCUT2D eigenvalue weighted by Gasteiger charge is -2.26. The molecule has 1 aromatic heterocycles. The van der Waals surface area contributed by atoms with Gasteiger partial charge in [0.25, 0.3) is 0 Å². The highest BCUT2D eigenvalue weighted by Crippen LogP contribution is 2.19. The van der Waals surface area contributed by atoms with Crippen molar-refractivity contribution in [3.8, 4) is 0 Å². The van der Waals surface area contributed by atoms with Crippen molar-refractivity contribution in [3.63, 3.8) is 0 Å². The van der Waals surface area contributed by atoms with E-state index in [-0.39, 0.29) is 23.5 Å². The Hall–Kier alpha value is -0.880. The van der Waals surface area contributed by atoms with E-state index in [1.807, 2.05) is 13.0 Å². The molecule has 1 aliphatic rings. The fourth-order valence-corrected chi connectivity index (χ4v) is 5.32. The second-order valence-electron chi connectivity index (χ2n) is 5.52. The highest BCUT2D eigenvalue weighted by Gasteiger charge is 2.33. The van der Waals surface area contributed by atoms with Gasteiger partial charge in [-0.25, -0.2) is 8.42 Å². The molecule has 1 aliphatic heterocycles. The first-order chi connectivity index (χ1) is 10.0. The lowest BCUT2D eigenvalue weighted by Crippen LogP contribution is -2.40. The first-order valence-corrected chi connectivity index (χ1v) is 10.2. The second-order valence-corrected chi connectivity index (χ2v) is 8.78. The number of nitrogens with zero attached hydrogens (tertiary/aromatic N) is 1. The minimum atomic E-state index is -2.93. The number of sulfone groups is 1. The predicted octanol–water partition coefficient (Wildman–Crippen LogP) is 2.50. The van der Waals surface area contributed by atoms with E-state index in [2.05, 4.69) is 11.4 Å². The molecule has 0 bridgehead atoms. The molecular formula is C15H23NO3S2. The van der Waals surface area contributed by atoms with Gasteiger partial charge in [-0.1, -0.05) is 6.07 Å². The SMILES string of the molecule is CCN(C(=O)CCCCc1cccs1)C1CCS(=O)(=O)C1. The number of hydrogen-bond donors (Lipinski definition) is 0. The van der Waals surface area contributed by atoms with E-state index in [1.54, 1.807) is 16.2 Å². The van der Waals surface area contributed by atoms with Gasteiger partial charge in [-0.05, 0) is 44.1 Å². The van der Waals surface area contributed by atoms with Crippen molar-refractivity contribution in [1.82, 2.24) is 4.90 Å². The van der Waals surface area contributed by atoms with Gasteiger partial charge in [-0.2, -0.15) is 0 Å². The number of amides is 1. The van der Waals surface area contributed by atoms with Gasteiger partial charge < -0.3 is 4.90 Å². The van der Waals surface area contributed by atoms with Gasteiger partial charge in [0.05, 0.1) is 11.5 Å². The van der Waals surface area contributed by atoms with Gasteiger partial charge in [0.2, 0.25) is 5.91 Å². The first-order valence-electron chi connectivity index (χ1n) is 7.54. The predicted molar refractivity (Wildman–Crippen MR) is 86.3 cm³/mol. The summed E-state index contributed by atoms with van der Waals surface area (Å²) >= 11 is 1.75. The largest absolute Gasteiger partial charge is 0.339 e. The van der Waals surface area contributed by atoms with Crippen LogP contribution in [0.4, 0.5) is 0 Å². The molecule has 2 heterocycles. The Morgan fingerprint density at radius 1 is 1.43 bits per heavy atom. The van der Waals surface area contributed by atoms with Crippen molar-refractivity contribution in [1.29, 1.82) is 0 Å². The second kappa shape index (κ2) is 7.40. The van der Waals surface area contributed by atoms with Gasteiger partial charge in [0.1, 0.15) is 0 Å². The zero-order valence-electron chi connectivity index (χ0n) is 12.5. The molecule has 0 aromatic carbocycles. The molecule has 4 nitrogen and oxygen atoms in total. The highest BCUT2D eigenvalue weighted by molar-refractivity contribution is 7.91. The number of thiophene rings is 1. The van der Waals surface area contributed by atoms with Gasteiger partial charge in [-0.3, -0.25) is 4.79 Å². The van der Waals surface area contributed by atoms with Crippen LogP contribution in [0.25, 0.3) is 0 Å². The maximum atomic E-state index is 12.3. The number of unbranched alkanes of at least 4 members (excludes halogenated alkanes) is 1. The molecule has 21 heavy (non-hydrogen) atoms. The van der Waals surface area contributed by atoms with Crippen LogP contribution >= 0.6 is 11.3 Å². The van der Waals surface area contributed by atoms with Crippen LogP contribution in [0, 0.1) is 0 Å². The monoisotopic (exact) mass is 329 g/mol. The van der Waals surface area contributed by atoms with Gasteiger partial charge >= 0.3 is 0 Å². The van der Waals surface area contributed by atoms with Crippen molar-refractivity contribution in [2.45, 2.75) is 45.1 Å². The Labute approximate surface area is 131 Å². The van der Waals surface area contributed by atoms with Crippen LogP contribution in [0.3, 0.4) is 0 Å². The smallest absolute Gasteiger partial charge is 0.222 e. The Morgan fingerprint density at radius 3 is 2.81 bits per heavy atom. The summed E-state index contributed by atoms with van der Waals surface area (Å²) in [6, 6.07) is 4.06. The molecular weight excluding hydrogens is 306 g/mol. The molecule has 1 saturated heterocycles. The summed E-state index contributed by atoms with van der Waals surface area (Å²) in [5, 5.41) is 2.07. The first kappa shape index (κ1) is 16.5. The van der Waals surface area contributed by atoms with Crippen LogP contribution in [0.1, 0.15) is 37.5 Å². The van der Waals surface area contributed by atoms with E-state index >= 15 is 0 Å². The number of carbonyl (C=O) groups is 1. The van der Waals surface area contributed by atoms with Crippen LogP contribution in [0.2, 0.25) is 0 Å². The van der Waals surface area contributed by atoms with Crippen LogP contribution in [0.15, 0.2) is 17.5 Å². The molecule has 1 aromatic rings. The summed E-state index contributed by atoms with van der Waals surface area (Å²) in [4.78, 5) is 15.4. The quantitative estimate of drug-likeness (QED) is 0.722. The van der Waals surface area contributed by atoms with Crippen molar-refractivity contribution in [2.75, 3.05) is 18.1 Å². The normalized spacial score (nSPS) is 20.5. The summed E-state index contributed by atoms with van der Waals surface area (Å²) in [5.41, 5.74) is 0. The molecule has 0 radical (unpaired) electrons. The Bertz CT molecular complexity index is 551. The molecule has 118 valence electrons. The fraction of sp³-hybridized carbons (Fsp3) is 0.667. The maximum absolute atomic E-state index is 12.3. The Balaban J connectivity index is 1.75. The zero-order valence-corrected chi connectivity index (χ0v) is 14.1. The van der Waals surface area contributed by atoms with Crippen molar-refractivity contribution < 1.29 is 13.2 Å². The highest BCUT2D eigenvalue weighted by atomic mass is 32.2. The number of aryl methyl sites for hydroxylation is 1. The average molecular weight is 329 g/mol. The number of rotatable bonds is 7. The van der Waals surface area contributed by atoms with E-state index in [9.17, 15) is 13.2 Å². The lowest BCUT2D eigenvalue weighted by atomic mass is 10.1. The van der Waals surface area contributed by atoms with Crippen LogP contribution < -0.4 is 0 Å². The van der Waals surface area contributed by atoms with Crippen molar-refractivity contribution >= 4 is 27.1 Å². The fourth-order valence-electron chi connectivity index (χ4n) is 2.83. The third-order valence-corrected chi connectivity index (χ3v) is 6.64. The summed E-state index contributed by atoms with van der Waals surface area (Å²) in [7, 11) is -2.93. The zero-order chi connectivity index (χ0) is 15.3. The molecule has 2 rings (SSSR count). The van der Waals surface area contributed by atoms with E-state index in [0.29, 0.717) is 19.4 Å². The standard InChI is InChI=1S/C15H23NO3S2/c1-2-16(13-9-11-21(18,19)12-13)15(17)8-4-3-6-14-7-5-10-20-14/h5,7,10,13H,2-4,6,8-9,11-12H2,1H3. The molecule has 1 amide bonds. The van der Waals surface area contributed by atoms with Crippen molar-refractivity contribution in [2.24, 2.45) is 0 Å². The summed E-state index contributed by atoms with van der Waals surface area (Å²) in [5.74, 6) is 0.465. The summed E-state index contributed by atoms with van der Waals surface area (Å²) < 4.78 is 23.1. The minimum absolute atomic E-state index is 0.103.